The molecule has 0 aromatic heterocycles. The first-order valence-electron chi connectivity index (χ1n) is 5.27. The third-order valence-corrected chi connectivity index (χ3v) is 3.58. The van der Waals surface area contributed by atoms with Crippen molar-refractivity contribution in [1.82, 2.24) is 0 Å². The van der Waals surface area contributed by atoms with Crippen LogP contribution in [0.25, 0.3) is 11.1 Å². The lowest BCUT2D eigenvalue weighted by Gasteiger charge is -2.11. The van der Waals surface area contributed by atoms with Gasteiger partial charge in [-0.2, -0.15) is 0 Å². The lowest BCUT2D eigenvalue weighted by Crippen LogP contribution is -2.17. The fraction of sp³-hybridized carbons (Fsp3) is 0.0769. The highest BCUT2D eigenvalue weighted by molar-refractivity contribution is 6.48. The molecule has 0 saturated heterocycles. The van der Waals surface area contributed by atoms with Crippen LogP contribution < -0.4 is 4.74 Å². The highest BCUT2D eigenvalue weighted by Gasteiger charge is 2.31. The summed E-state index contributed by atoms with van der Waals surface area (Å²) in [7, 11) is 0. The van der Waals surface area contributed by atoms with Crippen LogP contribution in [0.15, 0.2) is 36.4 Å². The van der Waals surface area contributed by atoms with E-state index >= 15 is 0 Å². The smallest absolute Gasteiger partial charge is 0.406 e. The summed E-state index contributed by atoms with van der Waals surface area (Å²) in [5, 5.41) is 0.632. The van der Waals surface area contributed by atoms with Crippen LogP contribution in [0.5, 0.6) is 5.75 Å². The fourth-order valence-electron chi connectivity index (χ4n) is 1.59. The quantitative estimate of drug-likeness (QED) is 0.590. The van der Waals surface area contributed by atoms with Crippen LogP contribution in [0.4, 0.5) is 13.2 Å². The van der Waals surface area contributed by atoms with Crippen molar-refractivity contribution < 1.29 is 17.9 Å². The van der Waals surface area contributed by atoms with E-state index in [-0.39, 0.29) is 20.8 Å². The van der Waals surface area contributed by atoms with Crippen molar-refractivity contribution in [2.75, 3.05) is 0 Å². The second-order valence-electron chi connectivity index (χ2n) is 3.83. The van der Waals surface area contributed by atoms with Gasteiger partial charge in [0.1, 0.15) is 5.75 Å². The maximum atomic E-state index is 12.2. The maximum absolute atomic E-state index is 12.2. The second kappa shape index (κ2) is 5.72. The molecule has 2 aromatic carbocycles. The molecule has 106 valence electrons. The van der Waals surface area contributed by atoms with Crippen LogP contribution in [0.2, 0.25) is 15.1 Å². The molecule has 0 fully saturated rings. The lowest BCUT2D eigenvalue weighted by atomic mass is 10.1. The monoisotopic (exact) mass is 340 g/mol. The number of alkyl halides is 3. The van der Waals surface area contributed by atoms with Gasteiger partial charge in [-0.05, 0) is 35.4 Å². The number of ether oxygens (including phenoxy) is 1. The molecular weight excluding hydrogens is 335 g/mol. The van der Waals surface area contributed by atoms with Crippen molar-refractivity contribution in [2.24, 2.45) is 0 Å². The van der Waals surface area contributed by atoms with Crippen molar-refractivity contribution in [3.05, 3.63) is 51.5 Å². The summed E-state index contributed by atoms with van der Waals surface area (Å²) in [6.45, 7) is 0. The third-order valence-electron chi connectivity index (χ3n) is 2.38. The van der Waals surface area contributed by atoms with Gasteiger partial charge in [-0.3, -0.25) is 0 Å². The lowest BCUT2D eigenvalue weighted by molar-refractivity contribution is -0.274. The molecular formula is C13H6Cl3F3O. The summed E-state index contributed by atoms with van der Waals surface area (Å²) in [6, 6.07) is 8.52. The first kappa shape index (κ1) is 15.3. The van der Waals surface area contributed by atoms with E-state index in [2.05, 4.69) is 4.74 Å². The minimum Gasteiger partial charge on any atom is -0.406 e. The van der Waals surface area contributed by atoms with Gasteiger partial charge in [-0.15, -0.1) is 13.2 Å². The van der Waals surface area contributed by atoms with Crippen molar-refractivity contribution in [2.45, 2.75) is 6.36 Å². The van der Waals surface area contributed by atoms with Crippen LogP contribution in [0.3, 0.4) is 0 Å². The van der Waals surface area contributed by atoms with E-state index in [0.29, 0.717) is 11.1 Å². The predicted molar refractivity (Wildman–Crippen MR) is 73.6 cm³/mol. The van der Waals surface area contributed by atoms with E-state index in [1.54, 1.807) is 6.07 Å². The number of hydrogen-bond donors (Lipinski definition) is 0. The molecule has 0 bridgehead atoms. The van der Waals surface area contributed by atoms with Gasteiger partial charge in [-0.1, -0.05) is 46.9 Å². The van der Waals surface area contributed by atoms with Gasteiger partial charge in [0.15, 0.2) is 0 Å². The zero-order valence-electron chi connectivity index (χ0n) is 9.64. The van der Waals surface area contributed by atoms with Gasteiger partial charge in [0.05, 0.1) is 15.1 Å². The van der Waals surface area contributed by atoms with Crippen LogP contribution in [0, 0.1) is 0 Å². The minimum absolute atomic E-state index is 0.194. The topological polar surface area (TPSA) is 9.23 Å². The Labute approximate surface area is 127 Å². The molecule has 0 saturated carbocycles. The van der Waals surface area contributed by atoms with Crippen molar-refractivity contribution >= 4 is 34.8 Å². The molecule has 20 heavy (non-hydrogen) atoms. The molecule has 0 heterocycles. The van der Waals surface area contributed by atoms with Crippen LogP contribution in [0.1, 0.15) is 0 Å². The molecule has 2 rings (SSSR count). The number of halogens is 6. The Morgan fingerprint density at radius 3 is 2.00 bits per heavy atom. The molecule has 0 amide bonds. The standard InChI is InChI=1S/C13H6Cl3F3O/c14-10-5-8(6-11(15)12(10)16)7-2-1-3-9(4-7)20-13(17,18)19/h1-6H. The second-order valence-corrected chi connectivity index (χ2v) is 5.02. The van der Waals surface area contributed by atoms with E-state index in [1.807, 2.05) is 0 Å². The Morgan fingerprint density at radius 1 is 0.850 bits per heavy atom. The summed E-state index contributed by atoms with van der Waals surface area (Å²) in [6.07, 6.45) is -4.74. The van der Waals surface area contributed by atoms with E-state index in [1.165, 1.54) is 30.3 Å². The first-order chi connectivity index (χ1) is 9.26. The summed E-state index contributed by atoms with van der Waals surface area (Å²) in [5.74, 6) is -0.322. The molecule has 0 radical (unpaired) electrons. The van der Waals surface area contributed by atoms with Crippen molar-refractivity contribution in [3.63, 3.8) is 0 Å². The molecule has 0 unspecified atom stereocenters. The maximum Gasteiger partial charge on any atom is 0.573 e. The highest BCUT2D eigenvalue weighted by Crippen LogP contribution is 2.36. The van der Waals surface area contributed by atoms with Crippen molar-refractivity contribution in [1.29, 1.82) is 0 Å². The van der Waals surface area contributed by atoms with Gasteiger partial charge in [0, 0.05) is 0 Å². The summed E-state index contributed by atoms with van der Waals surface area (Å²) in [5.41, 5.74) is 1.02. The van der Waals surface area contributed by atoms with E-state index < -0.39 is 6.36 Å². The Kier molecular flexibility index (Phi) is 4.37. The van der Waals surface area contributed by atoms with Gasteiger partial charge < -0.3 is 4.74 Å². The Balaban J connectivity index is 2.41. The van der Waals surface area contributed by atoms with Crippen LogP contribution in [-0.4, -0.2) is 6.36 Å². The van der Waals surface area contributed by atoms with Crippen molar-refractivity contribution in [3.8, 4) is 16.9 Å². The predicted octanol–water partition coefficient (Wildman–Crippen LogP) is 6.21. The van der Waals surface area contributed by atoms with E-state index in [0.717, 1.165) is 0 Å². The number of benzene rings is 2. The van der Waals surface area contributed by atoms with Gasteiger partial charge in [0.2, 0.25) is 0 Å². The molecule has 0 aliphatic heterocycles. The highest BCUT2D eigenvalue weighted by atomic mass is 35.5. The molecule has 0 spiro atoms. The average Bonchev–Trinajstić information content (AvgIpc) is 2.33. The molecule has 0 N–H and O–H groups in total. The summed E-state index contributed by atoms with van der Waals surface area (Å²) >= 11 is 17.6. The van der Waals surface area contributed by atoms with Gasteiger partial charge in [-0.25, -0.2) is 0 Å². The van der Waals surface area contributed by atoms with Crippen LogP contribution in [-0.2, 0) is 0 Å². The fourth-order valence-corrected chi connectivity index (χ4v) is 2.19. The molecule has 0 aliphatic rings. The molecule has 1 nitrogen and oxygen atoms in total. The van der Waals surface area contributed by atoms with Crippen LogP contribution >= 0.6 is 34.8 Å². The molecule has 0 atom stereocenters. The largest absolute Gasteiger partial charge is 0.573 e. The Morgan fingerprint density at radius 2 is 1.45 bits per heavy atom. The summed E-state index contributed by atoms with van der Waals surface area (Å²) < 4.78 is 40.4. The minimum atomic E-state index is -4.74. The van der Waals surface area contributed by atoms with Gasteiger partial charge in [0.25, 0.3) is 0 Å². The molecule has 0 aliphatic carbocycles. The SMILES string of the molecule is FC(F)(F)Oc1cccc(-c2cc(Cl)c(Cl)c(Cl)c2)c1. The Hall–Kier alpha value is -1.10. The van der Waals surface area contributed by atoms with E-state index in [9.17, 15) is 13.2 Å². The Bertz CT molecular complexity index is 618. The zero-order chi connectivity index (χ0) is 14.9. The first-order valence-corrected chi connectivity index (χ1v) is 6.40. The average molecular weight is 342 g/mol. The normalized spacial score (nSPS) is 11.5. The third kappa shape index (κ3) is 3.72. The zero-order valence-corrected chi connectivity index (χ0v) is 11.9. The number of hydrogen-bond acceptors (Lipinski definition) is 1. The number of rotatable bonds is 2. The molecule has 7 heteroatoms. The van der Waals surface area contributed by atoms with E-state index in [4.69, 9.17) is 34.8 Å². The summed E-state index contributed by atoms with van der Waals surface area (Å²) in [4.78, 5) is 0. The molecule has 2 aromatic rings. The van der Waals surface area contributed by atoms with Gasteiger partial charge >= 0.3 is 6.36 Å².